The Kier molecular flexibility index (Phi) is 2.80. The van der Waals surface area contributed by atoms with Crippen LogP contribution in [0.15, 0.2) is 54.7 Å². The lowest BCUT2D eigenvalue weighted by Crippen LogP contribution is -1.93. The van der Waals surface area contributed by atoms with E-state index in [4.69, 9.17) is 10.5 Å². The molecule has 0 unspecified atom stereocenters. The van der Waals surface area contributed by atoms with Gasteiger partial charge in [0, 0.05) is 11.6 Å². The molecular formula is C16H14N2O. The zero-order valence-corrected chi connectivity index (χ0v) is 10.6. The number of fused-ring (bicyclic) bond motifs is 1. The van der Waals surface area contributed by atoms with Gasteiger partial charge in [0.1, 0.15) is 11.3 Å². The molecule has 3 nitrogen and oxygen atoms in total. The predicted octanol–water partition coefficient (Wildman–Crippen LogP) is 3.92. The van der Waals surface area contributed by atoms with Crippen molar-refractivity contribution in [2.45, 2.75) is 6.92 Å². The summed E-state index contributed by atoms with van der Waals surface area (Å²) >= 11 is 0. The van der Waals surface area contributed by atoms with Crippen molar-refractivity contribution in [3.05, 3.63) is 60.3 Å². The maximum Gasteiger partial charge on any atom is 0.153 e. The number of aryl methyl sites for hydroxylation is 1. The van der Waals surface area contributed by atoms with Crippen LogP contribution in [0.5, 0.6) is 11.5 Å². The summed E-state index contributed by atoms with van der Waals surface area (Å²) in [6.45, 7) is 2.00. The van der Waals surface area contributed by atoms with Crippen LogP contribution in [0.4, 0.5) is 5.69 Å². The van der Waals surface area contributed by atoms with Gasteiger partial charge < -0.3 is 10.5 Å². The van der Waals surface area contributed by atoms with Crippen LogP contribution >= 0.6 is 0 Å². The fourth-order valence-corrected chi connectivity index (χ4v) is 2.04. The minimum Gasteiger partial charge on any atom is -0.453 e. The lowest BCUT2D eigenvalue weighted by Gasteiger charge is -2.10. The fraction of sp³-hybridized carbons (Fsp3) is 0.0625. The topological polar surface area (TPSA) is 48.1 Å². The van der Waals surface area contributed by atoms with E-state index < -0.39 is 0 Å². The largest absolute Gasteiger partial charge is 0.453 e. The van der Waals surface area contributed by atoms with Crippen LogP contribution in [0.25, 0.3) is 10.9 Å². The number of rotatable bonds is 2. The Labute approximate surface area is 111 Å². The molecule has 3 rings (SSSR count). The van der Waals surface area contributed by atoms with Gasteiger partial charge in [-0.3, -0.25) is 4.98 Å². The van der Waals surface area contributed by atoms with Crippen molar-refractivity contribution in [3.63, 3.8) is 0 Å². The average Bonchev–Trinajstić information content (AvgIpc) is 2.42. The van der Waals surface area contributed by atoms with E-state index in [-0.39, 0.29) is 0 Å². The standard InChI is InChI=1S/C16H14N2O/c1-11-7-8-14(13(17)10-11)19-15-6-2-4-12-5-3-9-18-16(12)15/h2-10H,17H2,1H3. The molecule has 0 aliphatic carbocycles. The zero-order valence-electron chi connectivity index (χ0n) is 10.6. The summed E-state index contributed by atoms with van der Waals surface area (Å²) in [6.07, 6.45) is 1.76. The van der Waals surface area contributed by atoms with Gasteiger partial charge in [-0.2, -0.15) is 0 Å². The van der Waals surface area contributed by atoms with Crippen molar-refractivity contribution in [1.29, 1.82) is 0 Å². The lowest BCUT2D eigenvalue weighted by molar-refractivity contribution is 0.489. The first kappa shape index (κ1) is 11.5. The van der Waals surface area contributed by atoms with Crippen LogP contribution in [0.1, 0.15) is 5.56 Å². The summed E-state index contributed by atoms with van der Waals surface area (Å²) in [7, 11) is 0. The van der Waals surface area contributed by atoms with Gasteiger partial charge in [0.25, 0.3) is 0 Å². The molecule has 2 aromatic carbocycles. The summed E-state index contributed by atoms with van der Waals surface area (Å²) in [5.41, 5.74) is 8.55. The number of ether oxygens (including phenoxy) is 1. The minimum absolute atomic E-state index is 0.632. The summed E-state index contributed by atoms with van der Waals surface area (Å²) in [6, 6.07) is 15.5. The number of pyridine rings is 1. The smallest absolute Gasteiger partial charge is 0.153 e. The van der Waals surface area contributed by atoms with E-state index >= 15 is 0 Å². The number of nitrogens with zero attached hydrogens (tertiary/aromatic N) is 1. The highest BCUT2D eigenvalue weighted by atomic mass is 16.5. The minimum atomic E-state index is 0.632. The van der Waals surface area contributed by atoms with E-state index in [0.29, 0.717) is 17.2 Å². The highest BCUT2D eigenvalue weighted by Crippen LogP contribution is 2.31. The summed E-state index contributed by atoms with van der Waals surface area (Å²) in [5.74, 6) is 1.37. The van der Waals surface area contributed by atoms with Crippen molar-refractivity contribution in [2.75, 3.05) is 5.73 Å². The molecule has 3 heteroatoms. The Hall–Kier alpha value is -2.55. The molecule has 0 aliphatic rings. The van der Waals surface area contributed by atoms with Gasteiger partial charge in [0.05, 0.1) is 5.69 Å². The molecule has 0 bridgehead atoms. The fourth-order valence-electron chi connectivity index (χ4n) is 2.04. The molecule has 3 aromatic rings. The Morgan fingerprint density at radius 3 is 2.68 bits per heavy atom. The molecule has 1 heterocycles. The van der Waals surface area contributed by atoms with Gasteiger partial charge >= 0.3 is 0 Å². The van der Waals surface area contributed by atoms with E-state index in [9.17, 15) is 0 Å². The van der Waals surface area contributed by atoms with Crippen molar-refractivity contribution in [2.24, 2.45) is 0 Å². The number of para-hydroxylation sites is 1. The highest BCUT2D eigenvalue weighted by Gasteiger charge is 2.06. The molecule has 0 saturated heterocycles. The van der Waals surface area contributed by atoms with Crippen LogP contribution in [0.3, 0.4) is 0 Å². The number of hydrogen-bond donors (Lipinski definition) is 1. The molecule has 0 spiro atoms. The monoisotopic (exact) mass is 250 g/mol. The third kappa shape index (κ3) is 2.22. The molecule has 0 aliphatic heterocycles. The van der Waals surface area contributed by atoms with Crippen LogP contribution in [0.2, 0.25) is 0 Å². The highest BCUT2D eigenvalue weighted by molar-refractivity contribution is 5.84. The second-order valence-corrected chi connectivity index (χ2v) is 4.47. The first-order valence-corrected chi connectivity index (χ1v) is 6.12. The number of aromatic nitrogens is 1. The van der Waals surface area contributed by atoms with Gasteiger partial charge in [-0.1, -0.05) is 24.3 Å². The maximum atomic E-state index is 5.97. The maximum absolute atomic E-state index is 5.97. The van der Waals surface area contributed by atoms with Crippen molar-refractivity contribution < 1.29 is 4.74 Å². The number of hydrogen-bond acceptors (Lipinski definition) is 3. The molecular weight excluding hydrogens is 236 g/mol. The van der Waals surface area contributed by atoms with Crippen LogP contribution < -0.4 is 10.5 Å². The molecule has 2 N–H and O–H groups in total. The second-order valence-electron chi connectivity index (χ2n) is 4.47. The van der Waals surface area contributed by atoms with E-state index in [1.54, 1.807) is 6.20 Å². The van der Waals surface area contributed by atoms with Gasteiger partial charge in [-0.05, 0) is 36.8 Å². The molecule has 0 saturated carbocycles. The first-order valence-electron chi connectivity index (χ1n) is 6.12. The van der Waals surface area contributed by atoms with Gasteiger partial charge in [0.2, 0.25) is 0 Å². The molecule has 0 fully saturated rings. The molecule has 0 amide bonds. The summed E-state index contributed by atoms with van der Waals surface area (Å²) < 4.78 is 5.89. The quantitative estimate of drug-likeness (QED) is 0.701. The molecule has 0 atom stereocenters. The first-order chi connectivity index (χ1) is 9.24. The van der Waals surface area contributed by atoms with E-state index in [1.807, 2.05) is 55.5 Å². The summed E-state index contributed by atoms with van der Waals surface area (Å²) in [4.78, 5) is 4.36. The number of anilines is 1. The van der Waals surface area contributed by atoms with Gasteiger partial charge in [-0.25, -0.2) is 0 Å². The van der Waals surface area contributed by atoms with E-state index in [2.05, 4.69) is 4.98 Å². The molecule has 0 radical (unpaired) electrons. The Morgan fingerprint density at radius 2 is 1.84 bits per heavy atom. The Balaban J connectivity index is 2.06. The van der Waals surface area contributed by atoms with Crippen molar-refractivity contribution in [1.82, 2.24) is 4.98 Å². The Bertz CT molecular complexity index is 732. The van der Waals surface area contributed by atoms with Crippen LogP contribution in [-0.2, 0) is 0 Å². The predicted molar refractivity (Wildman–Crippen MR) is 77.4 cm³/mol. The SMILES string of the molecule is Cc1ccc(Oc2cccc3cccnc23)c(N)c1. The molecule has 1 aromatic heterocycles. The lowest BCUT2D eigenvalue weighted by atomic mass is 10.2. The molecule has 94 valence electrons. The van der Waals surface area contributed by atoms with Crippen LogP contribution in [0, 0.1) is 6.92 Å². The van der Waals surface area contributed by atoms with Gasteiger partial charge in [0.15, 0.2) is 5.75 Å². The third-order valence-electron chi connectivity index (χ3n) is 2.98. The number of benzene rings is 2. The average molecular weight is 250 g/mol. The van der Waals surface area contributed by atoms with Crippen molar-refractivity contribution in [3.8, 4) is 11.5 Å². The van der Waals surface area contributed by atoms with E-state index in [0.717, 1.165) is 16.5 Å². The van der Waals surface area contributed by atoms with Gasteiger partial charge in [-0.15, -0.1) is 0 Å². The normalized spacial score (nSPS) is 10.6. The van der Waals surface area contributed by atoms with Crippen molar-refractivity contribution >= 4 is 16.6 Å². The molecule has 19 heavy (non-hydrogen) atoms. The number of nitrogens with two attached hydrogens (primary N) is 1. The number of nitrogen functional groups attached to an aromatic ring is 1. The summed E-state index contributed by atoms with van der Waals surface area (Å²) in [5, 5.41) is 1.05. The Morgan fingerprint density at radius 1 is 1.00 bits per heavy atom. The zero-order chi connectivity index (χ0) is 13.2. The van der Waals surface area contributed by atoms with Crippen LogP contribution in [-0.4, -0.2) is 4.98 Å². The second kappa shape index (κ2) is 4.61. The third-order valence-corrected chi connectivity index (χ3v) is 2.98. The van der Waals surface area contributed by atoms with E-state index in [1.165, 1.54) is 0 Å².